The maximum atomic E-state index is 12.4. The molecule has 6 nitrogen and oxygen atoms in total. The van der Waals surface area contributed by atoms with Crippen LogP contribution in [0.15, 0.2) is 35.7 Å². The average molecular weight is 412 g/mol. The molecule has 0 aliphatic carbocycles. The first-order chi connectivity index (χ1) is 12.5. The number of benzene rings is 1. The van der Waals surface area contributed by atoms with Crippen LogP contribution in [0, 0.1) is 0 Å². The van der Waals surface area contributed by atoms with Crippen LogP contribution in [-0.2, 0) is 21.2 Å². The van der Waals surface area contributed by atoms with Crippen LogP contribution in [-0.4, -0.2) is 53.6 Å². The number of amides is 1. The predicted octanol–water partition coefficient (Wildman–Crippen LogP) is 2.19. The van der Waals surface area contributed by atoms with Crippen molar-refractivity contribution in [1.82, 2.24) is 14.6 Å². The van der Waals surface area contributed by atoms with E-state index in [4.69, 9.17) is 0 Å². The average Bonchev–Trinajstić information content (AvgIpc) is 3.32. The number of hydrogen-bond donors (Lipinski definition) is 1. The zero-order chi connectivity index (χ0) is 18.6. The van der Waals surface area contributed by atoms with Crippen molar-refractivity contribution in [3.8, 4) is 10.6 Å². The van der Waals surface area contributed by atoms with Gasteiger partial charge >= 0.3 is 0 Å². The lowest BCUT2D eigenvalue weighted by Gasteiger charge is -2.21. The fraction of sp³-hybridized carbons (Fsp3) is 0.412. The lowest BCUT2D eigenvalue weighted by Crippen LogP contribution is -2.48. The van der Waals surface area contributed by atoms with Gasteiger partial charge in [0.15, 0.2) is 0 Å². The van der Waals surface area contributed by atoms with Gasteiger partial charge in [0, 0.05) is 29.7 Å². The van der Waals surface area contributed by atoms with Gasteiger partial charge in [-0.2, -0.15) is 4.31 Å². The lowest BCUT2D eigenvalue weighted by molar-refractivity contribution is -0.123. The molecule has 2 heterocycles. The van der Waals surface area contributed by atoms with Crippen LogP contribution in [0.3, 0.4) is 0 Å². The molecule has 1 atom stereocenters. The molecule has 26 heavy (non-hydrogen) atoms. The first-order valence-electron chi connectivity index (χ1n) is 8.36. The van der Waals surface area contributed by atoms with E-state index in [0.717, 1.165) is 16.3 Å². The quantitative estimate of drug-likeness (QED) is 0.756. The largest absolute Gasteiger partial charge is 0.354 e. The van der Waals surface area contributed by atoms with Crippen LogP contribution in [0.2, 0.25) is 0 Å². The summed E-state index contributed by atoms with van der Waals surface area (Å²) in [6, 6.07) is 9.35. The second-order valence-corrected chi connectivity index (χ2v) is 9.92. The first-order valence-corrected chi connectivity index (χ1v) is 12.0. The van der Waals surface area contributed by atoms with Crippen LogP contribution in [0.25, 0.3) is 10.6 Å². The Bertz CT molecular complexity index is 852. The highest BCUT2D eigenvalue weighted by Crippen LogP contribution is 2.25. The number of thioether (sulfide) groups is 1. The summed E-state index contributed by atoms with van der Waals surface area (Å²) in [5.41, 5.74) is 2.00. The molecule has 1 aromatic heterocycles. The first kappa shape index (κ1) is 19.3. The van der Waals surface area contributed by atoms with Gasteiger partial charge in [0.1, 0.15) is 11.0 Å². The van der Waals surface area contributed by atoms with Gasteiger partial charge in [0.05, 0.1) is 17.3 Å². The van der Waals surface area contributed by atoms with Gasteiger partial charge in [-0.3, -0.25) is 4.79 Å². The van der Waals surface area contributed by atoms with Gasteiger partial charge in [-0.1, -0.05) is 30.3 Å². The van der Waals surface area contributed by atoms with Crippen molar-refractivity contribution < 1.29 is 13.2 Å². The van der Waals surface area contributed by atoms with Gasteiger partial charge in [-0.15, -0.1) is 23.1 Å². The Morgan fingerprint density at radius 1 is 1.35 bits per heavy atom. The molecule has 1 fully saturated rings. The summed E-state index contributed by atoms with van der Waals surface area (Å²) in [4.78, 5) is 17.0. The molecule has 1 aliphatic heterocycles. The highest BCUT2D eigenvalue weighted by atomic mass is 32.2. The molecule has 1 N–H and O–H groups in total. The van der Waals surface area contributed by atoms with Crippen molar-refractivity contribution in [2.75, 3.05) is 23.9 Å². The molecule has 1 aromatic carbocycles. The molecule has 3 rings (SSSR count). The van der Waals surface area contributed by atoms with Crippen molar-refractivity contribution in [1.29, 1.82) is 0 Å². The number of nitrogens with zero attached hydrogens (tertiary/aromatic N) is 2. The standard InChI is InChI=1S/C17H21N3O3S3/c1-2-26(22,23)20-12-24-11-15(20)16(21)18-9-8-14-10-25-17(19-14)13-6-4-3-5-7-13/h3-7,10,15H,2,8-9,11-12H2,1H3,(H,18,21)/t15-/m1/s1. The summed E-state index contributed by atoms with van der Waals surface area (Å²) in [5.74, 6) is 0.629. The summed E-state index contributed by atoms with van der Waals surface area (Å²) in [6.07, 6.45) is 0.621. The fourth-order valence-corrected chi connectivity index (χ4v) is 6.37. The smallest absolute Gasteiger partial charge is 0.239 e. The second kappa shape index (κ2) is 8.51. The van der Waals surface area contributed by atoms with E-state index in [0.29, 0.717) is 24.6 Å². The van der Waals surface area contributed by atoms with Crippen LogP contribution in [0.5, 0.6) is 0 Å². The van der Waals surface area contributed by atoms with Crippen LogP contribution >= 0.6 is 23.1 Å². The van der Waals surface area contributed by atoms with E-state index in [9.17, 15) is 13.2 Å². The second-order valence-electron chi connectivity index (χ2n) is 5.85. The zero-order valence-electron chi connectivity index (χ0n) is 14.4. The number of carbonyl (C=O) groups is 1. The number of carbonyl (C=O) groups excluding carboxylic acids is 1. The van der Waals surface area contributed by atoms with Crippen molar-refractivity contribution in [3.63, 3.8) is 0 Å². The Kier molecular flexibility index (Phi) is 6.33. The normalized spacial score (nSPS) is 18.1. The molecular weight excluding hydrogens is 390 g/mol. The molecule has 1 aliphatic rings. The predicted molar refractivity (Wildman–Crippen MR) is 107 cm³/mol. The Labute approximate surface area is 162 Å². The number of rotatable bonds is 7. The van der Waals surface area contributed by atoms with Crippen LogP contribution < -0.4 is 5.32 Å². The third-order valence-electron chi connectivity index (χ3n) is 4.12. The number of hydrogen-bond acceptors (Lipinski definition) is 6. The van der Waals surface area contributed by atoms with E-state index >= 15 is 0 Å². The maximum absolute atomic E-state index is 12.4. The Balaban J connectivity index is 1.54. The van der Waals surface area contributed by atoms with Gasteiger partial charge in [0.2, 0.25) is 15.9 Å². The van der Waals surface area contributed by atoms with Gasteiger partial charge in [-0.05, 0) is 6.92 Å². The van der Waals surface area contributed by atoms with Crippen LogP contribution in [0.1, 0.15) is 12.6 Å². The van der Waals surface area contributed by atoms with Gasteiger partial charge < -0.3 is 5.32 Å². The molecule has 0 spiro atoms. The van der Waals surface area contributed by atoms with Crippen LogP contribution in [0.4, 0.5) is 0 Å². The van der Waals surface area contributed by atoms with E-state index in [1.165, 1.54) is 16.1 Å². The Morgan fingerprint density at radius 2 is 2.12 bits per heavy atom. The Hall–Kier alpha value is -1.42. The monoisotopic (exact) mass is 411 g/mol. The summed E-state index contributed by atoms with van der Waals surface area (Å²) in [5, 5.41) is 5.81. The molecule has 1 amide bonds. The zero-order valence-corrected chi connectivity index (χ0v) is 16.9. The van der Waals surface area contributed by atoms with Gasteiger partial charge in [-0.25, -0.2) is 13.4 Å². The van der Waals surface area contributed by atoms with Crippen molar-refractivity contribution >= 4 is 39.0 Å². The lowest BCUT2D eigenvalue weighted by atomic mass is 10.2. The molecule has 0 radical (unpaired) electrons. The minimum Gasteiger partial charge on any atom is -0.354 e. The number of nitrogens with one attached hydrogen (secondary N) is 1. The molecule has 0 unspecified atom stereocenters. The third kappa shape index (κ3) is 4.46. The van der Waals surface area contributed by atoms with E-state index < -0.39 is 16.1 Å². The summed E-state index contributed by atoms with van der Waals surface area (Å²) < 4.78 is 25.5. The van der Waals surface area contributed by atoms with Crippen molar-refractivity contribution in [3.05, 3.63) is 41.4 Å². The number of aromatic nitrogens is 1. The van der Waals surface area contributed by atoms with E-state index in [-0.39, 0.29) is 11.7 Å². The molecular formula is C17H21N3O3S3. The molecule has 9 heteroatoms. The molecule has 1 saturated heterocycles. The van der Waals surface area contributed by atoms with E-state index in [2.05, 4.69) is 10.3 Å². The molecule has 0 saturated carbocycles. The summed E-state index contributed by atoms with van der Waals surface area (Å²) in [6.45, 7) is 2.04. The summed E-state index contributed by atoms with van der Waals surface area (Å²) >= 11 is 3.05. The van der Waals surface area contributed by atoms with Gasteiger partial charge in [0.25, 0.3) is 0 Å². The summed E-state index contributed by atoms with van der Waals surface area (Å²) in [7, 11) is -3.36. The molecule has 2 aromatic rings. The molecule has 140 valence electrons. The maximum Gasteiger partial charge on any atom is 0.239 e. The fourth-order valence-electron chi connectivity index (χ4n) is 2.64. The van der Waals surface area contributed by atoms with E-state index in [1.807, 2.05) is 35.7 Å². The number of thiazole rings is 1. The topological polar surface area (TPSA) is 79.4 Å². The Morgan fingerprint density at radius 3 is 2.85 bits per heavy atom. The SMILES string of the molecule is CCS(=O)(=O)N1CSC[C@@H]1C(=O)NCCc1csc(-c2ccccc2)n1. The van der Waals surface area contributed by atoms with Crippen molar-refractivity contribution in [2.45, 2.75) is 19.4 Å². The minimum absolute atomic E-state index is 0.0123. The van der Waals surface area contributed by atoms with Crippen molar-refractivity contribution in [2.24, 2.45) is 0 Å². The molecule has 0 bridgehead atoms. The highest BCUT2D eigenvalue weighted by Gasteiger charge is 2.38. The third-order valence-corrected chi connectivity index (χ3v) is 8.06. The van der Waals surface area contributed by atoms with E-state index in [1.54, 1.807) is 18.3 Å². The highest BCUT2D eigenvalue weighted by molar-refractivity contribution is 8.00. The number of sulfonamides is 1. The minimum atomic E-state index is -3.36.